The van der Waals surface area contributed by atoms with Crippen molar-refractivity contribution in [2.45, 2.75) is 31.8 Å². The van der Waals surface area contributed by atoms with Gasteiger partial charge in [-0.15, -0.1) is 0 Å². The largest absolute Gasteiger partial charge is 0.486 e. The molecule has 4 aliphatic rings. The summed E-state index contributed by atoms with van der Waals surface area (Å²) in [6.07, 6.45) is 13.6. The van der Waals surface area contributed by atoms with Crippen LogP contribution in [0.3, 0.4) is 0 Å². The van der Waals surface area contributed by atoms with Gasteiger partial charge in [-0.25, -0.2) is 10.0 Å². The molecular formula is C26H28N4O6. The van der Waals surface area contributed by atoms with E-state index in [4.69, 9.17) is 23.8 Å². The molecule has 0 unspecified atom stereocenters. The van der Waals surface area contributed by atoms with Crippen molar-refractivity contribution in [3.63, 3.8) is 0 Å². The first-order valence-electron chi connectivity index (χ1n) is 12.0. The van der Waals surface area contributed by atoms with Crippen LogP contribution in [0, 0.1) is 17.2 Å². The minimum absolute atomic E-state index is 0.00160. The zero-order valence-corrected chi connectivity index (χ0v) is 20.1. The second kappa shape index (κ2) is 10.8. The van der Waals surface area contributed by atoms with Crippen LogP contribution in [0.25, 0.3) is 0 Å². The molecule has 1 amide bonds. The van der Waals surface area contributed by atoms with Gasteiger partial charge in [0.25, 0.3) is 0 Å². The Kier molecular flexibility index (Phi) is 7.21. The Labute approximate surface area is 209 Å². The van der Waals surface area contributed by atoms with Crippen molar-refractivity contribution in [1.29, 1.82) is 5.26 Å². The molecule has 4 heterocycles. The lowest BCUT2D eigenvalue weighted by molar-refractivity contribution is -0.176. The standard InChI is InChI=1S/C26H28N4O6/c1-32-25-19(13-27)12-20(14-28-25)29-8-11-34-24(16-29)22-4-2-3-5-23(22)36-21-15-30(35-17-21)26(31)18-6-9-33-10-7-18/h3,5,8,11-12,14,16,18,21H,2,4,6-7,9-10,15,17H2,1H3/t21-/m1/s1. The van der Waals surface area contributed by atoms with Crippen LogP contribution in [-0.4, -0.2) is 55.5 Å². The quantitative estimate of drug-likeness (QED) is 0.591. The Hall–Kier alpha value is -3.81. The van der Waals surface area contributed by atoms with E-state index in [9.17, 15) is 10.1 Å². The van der Waals surface area contributed by atoms with E-state index in [-0.39, 0.29) is 23.8 Å². The van der Waals surface area contributed by atoms with Gasteiger partial charge in [0.1, 0.15) is 42.1 Å². The minimum Gasteiger partial charge on any atom is -0.486 e. The van der Waals surface area contributed by atoms with Crippen molar-refractivity contribution in [2.24, 2.45) is 5.92 Å². The molecule has 2 fully saturated rings. The highest BCUT2D eigenvalue weighted by molar-refractivity contribution is 5.78. The highest BCUT2D eigenvalue weighted by Gasteiger charge is 2.35. The first kappa shape index (κ1) is 23.9. The van der Waals surface area contributed by atoms with Gasteiger partial charge < -0.3 is 23.8 Å². The van der Waals surface area contributed by atoms with Crippen LogP contribution in [0.2, 0.25) is 0 Å². The molecule has 5 rings (SSSR count). The van der Waals surface area contributed by atoms with E-state index in [0.29, 0.717) is 49.1 Å². The number of methoxy groups -OCH3 is 1. The number of ether oxygens (including phenoxy) is 4. The van der Waals surface area contributed by atoms with Crippen molar-refractivity contribution in [2.75, 3.05) is 38.4 Å². The number of amides is 1. The molecule has 36 heavy (non-hydrogen) atoms. The molecule has 0 bridgehead atoms. The predicted molar refractivity (Wildman–Crippen MR) is 128 cm³/mol. The Morgan fingerprint density at radius 3 is 2.97 bits per heavy atom. The number of allylic oxidation sites excluding steroid dienone is 3. The first-order valence-corrected chi connectivity index (χ1v) is 12.0. The smallest absolute Gasteiger partial charge is 0.249 e. The van der Waals surface area contributed by atoms with Crippen LogP contribution in [0.4, 0.5) is 5.69 Å². The van der Waals surface area contributed by atoms with Crippen LogP contribution in [0.15, 0.2) is 60.2 Å². The van der Waals surface area contributed by atoms with Crippen molar-refractivity contribution in [3.05, 3.63) is 65.7 Å². The van der Waals surface area contributed by atoms with Gasteiger partial charge in [-0.05, 0) is 37.8 Å². The minimum atomic E-state index is -0.277. The molecule has 188 valence electrons. The van der Waals surface area contributed by atoms with Gasteiger partial charge in [0, 0.05) is 30.9 Å². The van der Waals surface area contributed by atoms with E-state index in [0.717, 1.165) is 31.3 Å². The van der Waals surface area contributed by atoms with Crippen LogP contribution < -0.4 is 9.64 Å². The van der Waals surface area contributed by atoms with Gasteiger partial charge in [0.05, 0.1) is 31.7 Å². The first-order chi connectivity index (χ1) is 17.7. The Bertz CT molecular complexity index is 1160. The number of hydroxylamine groups is 2. The normalized spacial score (nSPS) is 22.2. The van der Waals surface area contributed by atoms with Crippen LogP contribution in [-0.2, 0) is 23.8 Å². The zero-order chi connectivity index (χ0) is 24.9. The van der Waals surface area contributed by atoms with Gasteiger partial charge in [-0.3, -0.25) is 9.63 Å². The fourth-order valence-corrected chi connectivity index (χ4v) is 4.52. The third kappa shape index (κ3) is 5.08. The fraction of sp³-hybridized carbons (Fsp3) is 0.423. The zero-order valence-electron chi connectivity index (χ0n) is 20.1. The van der Waals surface area contributed by atoms with E-state index in [1.165, 1.54) is 12.2 Å². The number of nitrogens with zero attached hydrogens (tertiary/aromatic N) is 4. The molecule has 0 N–H and O–H groups in total. The van der Waals surface area contributed by atoms with E-state index < -0.39 is 0 Å². The van der Waals surface area contributed by atoms with Gasteiger partial charge in [0.15, 0.2) is 0 Å². The molecule has 0 aromatic carbocycles. The lowest BCUT2D eigenvalue weighted by Gasteiger charge is -2.26. The number of carbonyl (C=O) groups is 1. The van der Waals surface area contributed by atoms with Gasteiger partial charge >= 0.3 is 0 Å². The van der Waals surface area contributed by atoms with E-state index in [1.54, 1.807) is 24.7 Å². The Morgan fingerprint density at radius 1 is 1.31 bits per heavy atom. The fourth-order valence-electron chi connectivity index (χ4n) is 4.52. The lowest BCUT2D eigenvalue weighted by Crippen LogP contribution is -2.37. The van der Waals surface area contributed by atoms with E-state index >= 15 is 0 Å². The number of nitriles is 1. The monoisotopic (exact) mass is 492 g/mol. The second-order valence-corrected chi connectivity index (χ2v) is 8.77. The highest BCUT2D eigenvalue weighted by atomic mass is 16.7. The van der Waals surface area contributed by atoms with Crippen molar-refractivity contribution in [3.8, 4) is 11.9 Å². The number of hydrogen-bond donors (Lipinski definition) is 0. The number of rotatable bonds is 6. The number of anilines is 1. The second-order valence-electron chi connectivity index (χ2n) is 8.77. The molecule has 10 heteroatoms. The Balaban J connectivity index is 1.31. The van der Waals surface area contributed by atoms with E-state index in [2.05, 4.69) is 17.1 Å². The molecule has 1 aromatic rings. The van der Waals surface area contributed by atoms with Gasteiger partial charge in [-0.1, -0.05) is 6.08 Å². The molecule has 0 spiro atoms. The third-order valence-electron chi connectivity index (χ3n) is 6.44. The Morgan fingerprint density at radius 2 is 2.17 bits per heavy atom. The number of aromatic nitrogens is 1. The van der Waals surface area contributed by atoms with Crippen LogP contribution >= 0.6 is 0 Å². The summed E-state index contributed by atoms with van der Waals surface area (Å²) in [5.74, 6) is 1.56. The number of hydrogen-bond acceptors (Lipinski definition) is 9. The van der Waals surface area contributed by atoms with Crippen LogP contribution in [0.5, 0.6) is 5.88 Å². The topological polar surface area (TPSA) is 106 Å². The summed E-state index contributed by atoms with van der Waals surface area (Å²) in [6.45, 7) is 1.90. The summed E-state index contributed by atoms with van der Waals surface area (Å²) in [7, 11) is 1.48. The third-order valence-corrected chi connectivity index (χ3v) is 6.44. The molecule has 10 nitrogen and oxygen atoms in total. The molecule has 0 saturated carbocycles. The summed E-state index contributed by atoms with van der Waals surface area (Å²) >= 11 is 0. The SMILES string of the molecule is COc1ncc(N2C=COC(C3=C(O[C@H]4CON(C(=O)C5CCOCC5)C4)C=CCC3)=C2)cc1C#N. The predicted octanol–water partition coefficient (Wildman–Crippen LogP) is 3.30. The number of carbonyl (C=O) groups excluding carboxylic acids is 1. The number of pyridine rings is 1. The van der Waals surface area contributed by atoms with Gasteiger partial charge in [0.2, 0.25) is 11.8 Å². The van der Waals surface area contributed by atoms with Crippen LogP contribution in [0.1, 0.15) is 31.2 Å². The summed E-state index contributed by atoms with van der Waals surface area (Å²) in [4.78, 5) is 24.5. The molecule has 1 aromatic heterocycles. The average molecular weight is 493 g/mol. The summed E-state index contributed by atoms with van der Waals surface area (Å²) in [6, 6.07) is 3.82. The van der Waals surface area contributed by atoms with Crippen molar-refractivity contribution >= 4 is 11.6 Å². The lowest BCUT2D eigenvalue weighted by atomic mass is 9.99. The van der Waals surface area contributed by atoms with E-state index in [1.807, 2.05) is 17.2 Å². The molecule has 2 saturated heterocycles. The summed E-state index contributed by atoms with van der Waals surface area (Å²) in [5.41, 5.74) is 1.96. The molecule has 0 radical (unpaired) electrons. The maximum absolute atomic E-state index is 12.8. The molecule has 1 aliphatic carbocycles. The average Bonchev–Trinajstić information content (AvgIpc) is 3.41. The van der Waals surface area contributed by atoms with Crippen molar-refractivity contribution in [1.82, 2.24) is 10.0 Å². The highest BCUT2D eigenvalue weighted by Crippen LogP contribution is 2.33. The molecule has 1 atom stereocenters. The maximum Gasteiger partial charge on any atom is 0.249 e. The van der Waals surface area contributed by atoms with Crippen molar-refractivity contribution < 1.29 is 28.6 Å². The molecular weight excluding hydrogens is 464 g/mol. The maximum atomic E-state index is 12.8. The van der Waals surface area contributed by atoms with Gasteiger partial charge in [-0.2, -0.15) is 5.26 Å². The summed E-state index contributed by atoms with van der Waals surface area (Å²) in [5, 5.41) is 10.8. The molecule has 3 aliphatic heterocycles. The summed E-state index contributed by atoms with van der Waals surface area (Å²) < 4.78 is 22.7.